The van der Waals surface area contributed by atoms with Gasteiger partial charge in [0.05, 0.1) is 11.5 Å². The van der Waals surface area contributed by atoms with Gasteiger partial charge in [0.15, 0.2) is 0 Å². The molecule has 0 spiro atoms. The Kier molecular flexibility index (Phi) is 4.20. The minimum atomic E-state index is -0.460. The summed E-state index contributed by atoms with van der Waals surface area (Å²) in [6, 6.07) is 5.98. The molecule has 0 aliphatic carbocycles. The van der Waals surface area contributed by atoms with Gasteiger partial charge in [-0.1, -0.05) is 0 Å². The largest absolute Gasteiger partial charge is 0.393 e. The number of benzene rings is 1. The van der Waals surface area contributed by atoms with Crippen molar-refractivity contribution in [3.05, 3.63) is 39.9 Å². The van der Waals surface area contributed by atoms with Gasteiger partial charge in [-0.3, -0.25) is 10.1 Å². The first-order valence-electron chi connectivity index (χ1n) is 4.65. The Hall–Kier alpha value is -1.46. The fourth-order valence-electron chi connectivity index (χ4n) is 1.27. The van der Waals surface area contributed by atoms with Crippen LogP contribution in [0.1, 0.15) is 18.6 Å². The normalized spacial score (nSPS) is 12.4. The van der Waals surface area contributed by atoms with Crippen molar-refractivity contribution in [3.8, 4) is 0 Å². The van der Waals surface area contributed by atoms with Crippen LogP contribution in [0.3, 0.4) is 0 Å². The molecular formula is C10H13NO4. The van der Waals surface area contributed by atoms with Gasteiger partial charge in [-0.25, -0.2) is 0 Å². The van der Waals surface area contributed by atoms with Crippen LogP contribution in [0.2, 0.25) is 0 Å². The van der Waals surface area contributed by atoms with E-state index in [-0.39, 0.29) is 12.3 Å². The fourth-order valence-corrected chi connectivity index (χ4v) is 1.27. The molecule has 0 aliphatic rings. The summed E-state index contributed by atoms with van der Waals surface area (Å²) in [5.41, 5.74) is 0.775. The summed E-state index contributed by atoms with van der Waals surface area (Å²) in [5, 5.41) is 19.4. The molecular weight excluding hydrogens is 198 g/mol. The second kappa shape index (κ2) is 5.43. The van der Waals surface area contributed by atoms with Gasteiger partial charge in [0.2, 0.25) is 0 Å². The third kappa shape index (κ3) is 3.00. The van der Waals surface area contributed by atoms with Crippen molar-refractivity contribution in [2.75, 3.05) is 13.2 Å². The maximum Gasteiger partial charge on any atom is 0.269 e. The van der Waals surface area contributed by atoms with Gasteiger partial charge >= 0.3 is 0 Å². The molecule has 5 nitrogen and oxygen atoms in total. The molecule has 1 atom stereocenters. The molecule has 0 saturated heterocycles. The lowest BCUT2D eigenvalue weighted by Gasteiger charge is -2.13. The maximum absolute atomic E-state index is 10.4. The van der Waals surface area contributed by atoms with E-state index in [1.165, 1.54) is 12.1 Å². The molecule has 0 heterocycles. The number of nitrogens with zero attached hydrogens (tertiary/aromatic N) is 1. The second-order valence-corrected chi connectivity index (χ2v) is 2.98. The summed E-state index contributed by atoms with van der Waals surface area (Å²) in [7, 11) is 0. The van der Waals surface area contributed by atoms with E-state index in [0.29, 0.717) is 6.61 Å². The Morgan fingerprint density at radius 3 is 2.47 bits per heavy atom. The monoisotopic (exact) mass is 211 g/mol. The van der Waals surface area contributed by atoms with Gasteiger partial charge in [0, 0.05) is 18.7 Å². The van der Waals surface area contributed by atoms with E-state index in [1.54, 1.807) is 12.1 Å². The smallest absolute Gasteiger partial charge is 0.269 e. The molecule has 1 rings (SSSR count). The van der Waals surface area contributed by atoms with Crippen LogP contribution >= 0.6 is 0 Å². The number of rotatable bonds is 5. The highest BCUT2D eigenvalue weighted by atomic mass is 16.6. The van der Waals surface area contributed by atoms with Gasteiger partial charge in [-0.15, -0.1) is 0 Å². The predicted octanol–water partition coefficient (Wildman–Crippen LogP) is 1.66. The van der Waals surface area contributed by atoms with Crippen molar-refractivity contribution >= 4 is 5.69 Å². The van der Waals surface area contributed by atoms with E-state index < -0.39 is 11.0 Å². The van der Waals surface area contributed by atoms with Crippen molar-refractivity contribution in [2.45, 2.75) is 13.0 Å². The van der Waals surface area contributed by atoms with Crippen molar-refractivity contribution in [2.24, 2.45) is 0 Å². The van der Waals surface area contributed by atoms with Crippen LogP contribution in [0, 0.1) is 10.1 Å². The molecule has 0 radical (unpaired) electrons. The van der Waals surface area contributed by atoms with Gasteiger partial charge in [-0.05, 0) is 24.6 Å². The van der Waals surface area contributed by atoms with E-state index in [1.807, 2.05) is 6.92 Å². The summed E-state index contributed by atoms with van der Waals surface area (Å²) in [5.74, 6) is 0. The Balaban J connectivity index is 2.81. The average Bonchev–Trinajstić information content (AvgIpc) is 2.26. The molecule has 0 amide bonds. The lowest BCUT2D eigenvalue weighted by Crippen LogP contribution is -2.08. The van der Waals surface area contributed by atoms with Gasteiger partial charge in [0.25, 0.3) is 5.69 Å². The summed E-state index contributed by atoms with van der Waals surface area (Å²) >= 11 is 0. The molecule has 1 aromatic rings. The van der Waals surface area contributed by atoms with Crippen molar-refractivity contribution in [1.82, 2.24) is 0 Å². The van der Waals surface area contributed by atoms with Crippen LogP contribution < -0.4 is 0 Å². The lowest BCUT2D eigenvalue weighted by atomic mass is 10.1. The number of ether oxygens (including phenoxy) is 1. The number of hydrogen-bond acceptors (Lipinski definition) is 4. The minimum Gasteiger partial charge on any atom is -0.393 e. The van der Waals surface area contributed by atoms with Crippen LogP contribution in [-0.4, -0.2) is 23.2 Å². The molecule has 1 unspecified atom stereocenters. The van der Waals surface area contributed by atoms with Crippen LogP contribution in [0.4, 0.5) is 5.69 Å². The van der Waals surface area contributed by atoms with Crippen LogP contribution in [-0.2, 0) is 4.74 Å². The van der Waals surface area contributed by atoms with Crippen molar-refractivity contribution < 1.29 is 14.8 Å². The molecule has 1 N–H and O–H groups in total. The molecule has 0 saturated carbocycles. The molecule has 82 valence electrons. The number of aliphatic hydroxyl groups is 1. The number of hydrogen-bond donors (Lipinski definition) is 1. The third-order valence-electron chi connectivity index (χ3n) is 2.01. The highest BCUT2D eigenvalue weighted by Crippen LogP contribution is 2.20. The first kappa shape index (κ1) is 11.6. The van der Waals surface area contributed by atoms with Gasteiger partial charge in [-0.2, -0.15) is 0 Å². The van der Waals surface area contributed by atoms with E-state index >= 15 is 0 Å². The van der Waals surface area contributed by atoms with E-state index in [4.69, 9.17) is 9.84 Å². The van der Waals surface area contributed by atoms with E-state index in [9.17, 15) is 10.1 Å². The first-order chi connectivity index (χ1) is 7.19. The van der Waals surface area contributed by atoms with Crippen LogP contribution in [0.25, 0.3) is 0 Å². The Morgan fingerprint density at radius 2 is 2.07 bits per heavy atom. The van der Waals surface area contributed by atoms with E-state index in [2.05, 4.69) is 0 Å². The number of non-ortho nitro benzene ring substituents is 1. The summed E-state index contributed by atoms with van der Waals surface area (Å²) < 4.78 is 5.26. The van der Waals surface area contributed by atoms with E-state index in [0.717, 1.165) is 5.56 Å². The molecule has 15 heavy (non-hydrogen) atoms. The predicted molar refractivity (Wildman–Crippen MR) is 54.5 cm³/mol. The summed E-state index contributed by atoms with van der Waals surface area (Å²) in [6.45, 7) is 2.18. The molecule has 0 bridgehead atoms. The Morgan fingerprint density at radius 1 is 1.47 bits per heavy atom. The quantitative estimate of drug-likeness (QED) is 0.593. The fraction of sp³-hybridized carbons (Fsp3) is 0.400. The Labute approximate surface area is 87.5 Å². The minimum absolute atomic E-state index is 0.0342. The topological polar surface area (TPSA) is 72.6 Å². The zero-order valence-corrected chi connectivity index (χ0v) is 8.42. The van der Waals surface area contributed by atoms with Gasteiger partial charge < -0.3 is 9.84 Å². The lowest BCUT2D eigenvalue weighted by molar-refractivity contribution is -0.384. The first-order valence-corrected chi connectivity index (χ1v) is 4.65. The van der Waals surface area contributed by atoms with Crippen LogP contribution in [0.15, 0.2) is 24.3 Å². The average molecular weight is 211 g/mol. The molecule has 0 fully saturated rings. The van der Waals surface area contributed by atoms with Crippen LogP contribution in [0.5, 0.6) is 0 Å². The van der Waals surface area contributed by atoms with Crippen molar-refractivity contribution in [3.63, 3.8) is 0 Å². The highest BCUT2D eigenvalue weighted by Gasteiger charge is 2.11. The molecule has 1 aromatic carbocycles. The molecule has 0 aliphatic heterocycles. The summed E-state index contributed by atoms with van der Waals surface area (Å²) in [6.07, 6.45) is -0.407. The molecule has 0 aromatic heterocycles. The number of nitro groups is 1. The molecule has 5 heteroatoms. The number of nitro benzene ring substituents is 1. The number of aliphatic hydroxyl groups excluding tert-OH is 1. The zero-order valence-electron chi connectivity index (χ0n) is 8.42. The van der Waals surface area contributed by atoms with Crippen molar-refractivity contribution in [1.29, 1.82) is 0 Å². The maximum atomic E-state index is 10.4. The standard InChI is InChI=1S/C10H13NO4/c1-2-15-10(7-12)8-3-5-9(6-4-8)11(13)14/h3-6,10,12H,2,7H2,1H3. The third-order valence-corrected chi connectivity index (χ3v) is 2.01. The highest BCUT2D eigenvalue weighted by molar-refractivity contribution is 5.33. The zero-order chi connectivity index (χ0) is 11.3. The second-order valence-electron chi connectivity index (χ2n) is 2.98. The summed E-state index contributed by atoms with van der Waals surface area (Å²) in [4.78, 5) is 9.94. The SMILES string of the molecule is CCOC(CO)c1ccc([N+](=O)[O-])cc1. The Bertz CT molecular complexity index is 323. The van der Waals surface area contributed by atoms with Gasteiger partial charge in [0.1, 0.15) is 6.10 Å².